The molecule has 1 aromatic heterocycles. The molecule has 3 aromatic rings. The zero-order valence-corrected chi connectivity index (χ0v) is 20.6. The summed E-state index contributed by atoms with van der Waals surface area (Å²) in [5.74, 6) is -0.224. The molecule has 0 radical (unpaired) electrons. The lowest BCUT2D eigenvalue weighted by atomic mass is 10.2. The Hall–Kier alpha value is -2.00. The van der Waals surface area contributed by atoms with Gasteiger partial charge in [0.25, 0.3) is 5.91 Å². The van der Waals surface area contributed by atoms with E-state index in [1.807, 2.05) is 38.1 Å². The van der Waals surface area contributed by atoms with Gasteiger partial charge in [-0.1, -0.05) is 22.9 Å². The standard InChI is InChI=1S/C22H26ClN3O3S2/c1-14(2)31(28,29)18-8-6-16(7-9-18)21(27)26(11-10-25(4)5)22-24-20-15(3)12-17(23)13-19(20)30-22/h6-9,12-14H,10-11H2,1-5H3. The van der Waals surface area contributed by atoms with E-state index in [9.17, 15) is 13.2 Å². The van der Waals surface area contributed by atoms with Crippen molar-refractivity contribution in [1.29, 1.82) is 0 Å². The van der Waals surface area contributed by atoms with Crippen molar-refractivity contribution in [2.75, 3.05) is 32.1 Å². The molecule has 0 aliphatic carbocycles. The Balaban J connectivity index is 1.99. The lowest BCUT2D eigenvalue weighted by Crippen LogP contribution is -2.36. The average Bonchev–Trinajstić information content (AvgIpc) is 3.11. The van der Waals surface area contributed by atoms with Crippen molar-refractivity contribution in [2.45, 2.75) is 30.9 Å². The quantitative estimate of drug-likeness (QED) is 0.493. The first-order chi connectivity index (χ1) is 14.5. The molecule has 166 valence electrons. The number of nitrogens with zero attached hydrogens (tertiary/aromatic N) is 3. The number of halogens is 1. The minimum Gasteiger partial charge on any atom is -0.308 e. The average molecular weight is 480 g/mol. The number of aromatic nitrogens is 1. The van der Waals surface area contributed by atoms with Gasteiger partial charge in [-0.3, -0.25) is 9.69 Å². The number of aryl methyl sites for hydroxylation is 1. The molecule has 0 aliphatic heterocycles. The van der Waals surface area contributed by atoms with Crippen molar-refractivity contribution in [2.24, 2.45) is 0 Å². The van der Waals surface area contributed by atoms with Crippen molar-refractivity contribution in [3.05, 3.63) is 52.5 Å². The summed E-state index contributed by atoms with van der Waals surface area (Å²) in [6, 6.07) is 9.83. The molecule has 31 heavy (non-hydrogen) atoms. The monoisotopic (exact) mass is 479 g/mol. The van der Waals surface area contributed by atoms with Gasteiger partial charge < -0.3 is 4.90 Å². The van der Waals surface area contributed by atoms with Crippen molar-refractivity contribution in [1.82, 2.24) is 9.88 Å². The van der Waals surface area contributed by atoms with Crippen LogP contribution in [0.15, 0.2) is 41.3 Å². The van der Waals surface area contributed by atoms with E-state index in [0.29, 0.717) is 28.8 Å². The fraction of sp³-hybridized carbons (Fsp3) is 0.364. The predicted molar refractivity (Wildman–Crippen MR) is 128 cm³/mol. The highest BCUT2D eigenvalue weighted by Gasteiger charge is 2.24. The smallest absolute Gasteiger partial charge is 0.260 e. The van der Waals surface area contributed by atoms with Gasteiger partial charge in [0.05, 0.1) is 20.4 Å². The zero-order valence-electron chi connectivity index (χ0n) is 18.2. The van der Waals surface area contributed by atoms with Crippen LogP contribution in [0.5, 0.6) is 0 Å². The first kappa shape index (κ1) is 23.7. The van der Waals surface area contributed by atoms with Crippen LogP contribution in [0.4, 0.5) is 5.13 Å². The molecule has 0 aliphatic rings. The van der Waals surface area contributed by atoms with E-state index >= 15 is 0 Å². The Morgan fingerprint density at radius 2 is 1.77 bits per heavy atom. The first-order valence-corrected chi connectivity index (χ1v) is 12.6. The van der Waals surface area contributed by atoms with Gasteiger partial charge in [0.15, 0.2) is 15.0 Å². The molecule has 0 saturated heterocycles. The van der Waals surface area contributed by atoms with Crippen LogP contribution >= 0.6 is 22.9 Å². The normalized spacial score (nSPS) is 12.1. The molecule has 3 rings (SSSR count). The molecule has 2 aromatic carbocycles. The van der Waals surface area contributed by atoms with Crippen LogP contribution in [0.2, 0.25) is 5.02 Å². The predicted octanol–water partition coefficient (Wildman–Crippen LogP) is 4.65. The van der Waals surface area contributed by atoms with E-state index in [4.69, 9.17) is 16.6 Å². The molecule has 0 saturated carbocycles. The number of carbonyl (C=O) groups excluding carboxylic acids is 1. The summed E-state index contributed by atoms with van der Waals surface area (Å²) in [7, 11) is 0.488. The number of rotatable bonds is 7. The van der Waals surface area contributed by atoms with Gasteiger partial charge in [0.1, 0.15) is 0 Å². The number of hydrogen-bond acceptors (Lipinski definition) is 6. The maximum absolute atomic E-state index is 13.4. The van der Waals surface area contributed by atoms with Gasteiger partial charge in [-0.2, -0.15) is 0 Å². The van der Waals surface area contributed by atoms with E-state index < -0.39 is 15.1 Å². The fourth-order valence-electron chi connectivity index (χ4n) is 3.06. The highest BCUT2D eigenvalue weighted by molar-refractivity contribution is 7.92. The molecule has 0 atom stereocenters. The summed E-state index contributed by atoms with van der Waals surface area (Å²) >= 11 is 7.61. The maximum atomic E-state index is 13.4. The molecule has 0 N–H and O–H groups in total. The van der Waals surface area contributed by atoms with E-state index in [1.54, 1.807) is 30.9 Å². The van der Waals surface area contributed by atoms with E-state index in [1.165, 1.54) is 23.5 Å². The molecule has 9 heteroatoms. The molecule has 0 fully saturated rings. The van der Waals surface area contributed by atoms with Crippen molar-refractivity contribution in [3.8, 4) is 0 Å². The molecule has 6 nitrogen and oxygen atoms in total. The highest BCUT2D eigenvalue weighted by Crippen LogP contribution is 2.33. The number of sulfone groups is 1. The minimum absolute atomic E-state index is 0.212. The number of hydrogen-bond donors (Lipinski definition) is 0. The summed E-state index contributed by atoms with van der Waals surface area (Å²) in [6.07, 6.45) is 0. The maximum Gasteiger partial charge on any atom is 0.260 e. The van der Waals surface area contributed by atoms with Crippen molar-refractivity contribution < 1.29 is 13.2 Å². The summed E-state index contributed by atoms with van der Waals surface area (Å²) in [5.41, 5.74) is 2.19. The number of amides is 1. The Kier molecular flexibility index (Phi) is 7.05. The second kappa shape index (κ2) is 9.24. The Labute approximate surface area is 192 Å². The molecule has 0 bridgehead atoms. The van der Waals surface area contributed by atoms with E-state index in [0.717, 1.165) is 15.8 Å². The SMILES string of the molecule is Cc1cc(Cl)cc2sc(N(CCN(C)C)C(=O)c3ccc(S(=O)(=O)C(C)C)cc3)nc12. The Morgan fingerprint density at radius 3 is 2.35 bits per heavy atom. The number of likely N-dealkylation sites (N-methyl/N-ethyl adjacent to an activating group) is 1. The number of carbonyl (C=O) groups is 1. The summed E-state index contributed by atoms with van der Waals surface area (Å²) in [5, 5.41) is 0.697. The van der Waals surface area contributed by atoms with Gasteiger partial charge in [-0.25, -0.2) is 13.4 Å². The van der Waals surface area contributed by atoms with Gasteiger partial charge in [-0.05, 0) is 76.8 Å². The largest absolute Gasteiger partial charge is 0.308 e. The number of benzene rings is 2. The van der Waals surface area contributed by atoms with Crippen LogP contribution in [0.25, 0.3) is 10.2 Å². The lowest BCUT2D eigenvalue weighted by Gasteiger charge is -2.22. The molecule has 1 amide bonds. The number of thiazole rings is 1. The lowest BCUT2D eigenvalue weighted by molar-refractivity contribution is 0.0985. The molecule has 0 spiro atoms. The minimum atomic E-state index is -3.39. The number of anilines is 1. The summed E-state index contributed by atoms with van der Waals surface area (Å²) < 4.78 is 25.7. The van der Waals surface area contributed by atoms with Gasteiger partial charge in [0, 0.05) is 23.7 Å². The Morgan fingerprint density at radius 1 is 1.13 bits per heavy atom. The van der Waals surface area contributed by atoms with Gasteiger partial charge >= 0.3 is 0 Å². The van der Waals surface area contributed by atoms with Gasteiger partial charge in [0.2, 0.25) is 0 Å². The topological polar surface area (TPSA) is 70.6 Å². The summed E-state index contributed by atoms with van der Waals surface area (Å²) in [4.78, 5) is 21.9. The first-order valence-electron chi connectivity index (χ1n) is 9.88. The van der Waals surface area contributed by atoms with Crippen LogP contribution in [0.3, 0.4) is 0 Å². The second-order valence-electron chi connectivity index (χ2n) is 7.94. The molecular weight excluding hydrogens is 454 g/mol. The van der Waals surface area contributed by atoms with E-state index in [2.05, 4.69) is 0 Å². The third-order valence-electron chi connectivity index (χ3n) is 4.94. The van der Waals surface area contributed by atoms with Crippen molar-refractivity contribution in [3.63, 3.8) is 0 Å². The number of fused-ring (bicyclic) bond motifs is 1. The van der Waals surface area contributed by atoms with Crippen LogP contribution < -0.4 is 4.90 Å². The molecular formula is C22H26ClN3O3S2. The van der Waals surface area contributed by atoms with Crippen molar-refractivity contribution >= 4 is 54.0 Å². The fourth-order valence-corrected chi connectivity index (χ4v) is 5.56. The Bertz CT molecular complexity index is 1200. The molecule has 1 heterocycles. The third kappa shape index (κ3) is 5.09. The summed E-state index contributed by atoms with van der Waals surface area (Å²) in [6.45, 7) is 6.32. The zero-order chi connectivity index (χ0) is 22.9. The van der Waals surface area contributed by atoms with Gasteiger partial charge in [-0.15, -0.1) is 0 Å². The van der Waals surface area contributed by atoms with E-state index in [-0.39, 0.29) is 10.8 Å². The van der Waals surface area contributed by atoms with Crippen LogP contribution in [-0.4, -0.2) is 56.6 Å². The van der Waals surface area contributed by atoms with Crippen LogP contribution in [0, 0.1) is 6.92 Å². The highest BCUT2D eigenvalue weighted by atomic mass is 35.5. The van der Waals surface area contributed by atoms with Crippen LogP contribution in [0.1, 0.15) is 29.8 Å². The second-order valence-corrected chi connectivity index (χ2v) is 11.9. The van der Waals surface area contributed by atoms with Crippen LogP contribution in [-0.2, 0) is 9.84 Å². The third-order valence-corrected chi connectivity index (χ3v) is 8.35. The molecule has 0 unspecified atom stereocenters.